The average molecular weight is 453 g/mol. The first-order chi connectivity index (χ1) is 16.0. The number of para-hydroxylation sites is 2. The molecule has 0 aliphatic heterocycles. The van der Waals surface area contributed by atoms with Crippen molar-refractivity contribution in [2.75, 3.05) is 13.7 Å². The second-order valence-electron chi connectivity index (χ2n) is 8.72. The van der Waals surface area contributed by atoms with Crippen molar-refractivity contribution in [1.29, 1.82) is 0 Å². The summed E-state index contributed by atoms with van der Waals surface area (Å²) in [5.41, 5.74) is 2.11. The molecule has 1 N–H and O–H groups in total. The van der Waals surface area contributed by atoms with Crippen LogP contribution in [0, 0.1) is 6.92 Å². The van der Waals surface area contributed by atoms with Crippen LogP contribution in [0.2, 0.25) is 0 Å². The van der Waals surface area contributed by atoms with Crippen molar-refractivity contribution >= 4 is 11.8 Å². The SMILES string of the molecule is CCC(C(=O)NC1CCCCC1)N(Cc1cccc(C)c1)C(=O)COc1ccccc1OC. The number of benzene rings is 2. The third-order valence-corrected chi connectivity index (χ3v) is 6.19. The van der Waals surface area contributed by atoms with E-state index in [2.05, 4.69) is 5.32 Å². The zero-order valence-electron chi connectivity index (χ0n) is 20.0. The van der Waals surface area contributed by atoms with Crippen molar-refractivity contribution in [1.82, 2.24) is 10.2 Å². The molecule has 1 aliphatic carbocycles. The van der Waals surface area contributed by atoms with Gasteiger partial charge in [-0.2, -0.15) is 0 Å². The summed E-state index contributed by atoms with van der Waals surface area (Å²) >= 11 is 0. The Morgan fingerprint density at radius 3 is 2.45 bits per heavy atom. The highest BCUT2D eigenvalue weighted by Crippen LogP contribution is 2.26. The van der Waals surface area contributed by atoms with Crippen LogP contribution in [-0.4, -0.2) is 42.5 Å². The molecule has 2 aromatic rings. The minimum Gasteiger partial charge on any atom is -0.493 e. The van der Waals surface area contributed by atoms with Crippen molar-refractivity contribution in [3.63, 3.8) is 0 Å². The number of rotatable bonds is 10. The van der Waals surface area contributed by atoms with E-state index in [1.165, 1.54) is 6.42 Å². The Balaban J connectivity index is 1.77. The molecule has 0 heterocycles. The van der Waals surface area contributed by atoms with Crippen LogP contribution in [0.15, 0.2) is 48.5 Å². The average Bonchev–Trinajstić information content (AvgIpc) is 2.83. The van der Waals surface area contributed by atoms with Gasteiger partial charge in [0.2, 0.25) is 5.91 Å². The Hall–Kier alpha value is -3.02. The fourth-order valence-electron chi connectivity index (χ4n) is 4.43. The Morgan fingerprint density at radius 1 is 1.06 bits per heavy atom. The molecule has 1 unspecified atom stereocenters. The minimum absolute atomic E-state index is 0.0808. The smallest absolute Gasteiger partial charge is 0.261 e. The van der Waals surface area contributed by atoms with Gasteiger partial charge in [0.15, 0.2) is 18.1 Å². The summed E-state index contributed by atoms with van der Waals surface area (Å²) in [5, 5.41) is 3.20. The summed E-state index contributed by atoms with van der Waals surface area (Å²) in [6.07, 6.45) is 6.04. The highest BCUT2D eigenvalue weighted by atomic mass is 16.5. The molecule has 1 saturated carbocycles. The Labute approximate surface area is 197 Å². The standard InChI is InChI=1S/C27H36N2O4/c1-4-23(27(31)28-22-13-6-5-7-14-22)29(18-21-12-10-11-20(2)17-21)26(30)19-33-25-16-9-8-15-24(25)32-3/h8-12,15-17,22-23H,4-7,13-14,18-19H2,1-3H3,(H,28,31). The molecule has 1 aliphatic rings. The molecule has 0 aromatic heterocycles. The summed E-state index contributed by atoms with van der Waals surface area (Å²) in [5.74, 6) is 0.761. The van der Waals surface area contributed by atoms with Crippen molar-refractivity contribution in [3.05, 3.63) is 59.7 Å². The number of hydrogen-bond donors (Lipinski definition) is 1. The lowest BCUT2D eigenvalue weighted by Crippen LogP contribution is -2.52. The van der Waals surface area contributed by atoms with Gasteiger partial charge in [-0.15, -0.1) is 0 Å². The first kappa shape index (κ1) is 24.6. The number of nitrogens with one attached hydrogen (secondary N) is 1. The van der Waals surface area contributed by atoms with E-state index in [4.69, 9.17) is 9.47 Å². The van der Waals surface area contributed by atoms with E-state index in [0.29, 0.717) is 24.5 Å². The Morgan fingerprint density at radius 2 is 1.79 bits per heavy atom. The Bertz CT molecular complexity index is 924. The largest absolute Gasteiger partial charge is 0.493 e. The van der Waals surface area contributed by atoms with Gasteiger partial charge in [-0.05, 0) is 43.9 Å². The summed E-state index contributed by atoms with van der Waals surface area (Å²) in [4.78, 5) is 28.3. The maximum Gasteiger partial charge on any atom is 0.261 e. The van der Waals surface area contributed by atoms with E-state index in [9.17, 15) is 9.59 Å². The third kappa shape index (κ3) is 6.98. The number of hydrogen-bond acceptors (Lipinski definition) is 4. The molecule has 0 radical (unpaired) electrons. The molecular weight excluding hydrogens is 416 g/mol. The summed E-state index contributed by atoms with van der Waals surface area (Å²) in [6.45, 7) is 4.15. The zero-order chi connectivity index (χ0) is 23.6. The molecule has 0 saturated heterocycles. The second kappa shape index (κ2) is 12.3. The van der Waals surface area contributed by atoms with Crippen molar-refractivity contribution < 1.29 is 19.1 Å². The van der Waals surface area contributed by atoms with Crippen molar-refractivity contribution in [2.45, 2.75) is 71.0 Å². The van der Waals surface area contributed by atoms with Gasteiger partial charge in [0.25, 0.3) is 5.91 Å². The lowest BCUT2D eigenvalue weighted by molar-refractivity contribution is -0.143. The quantitative estimate of drug-likeness (QED) is 0.570. The van der Waals surface area contributed by atoms with Crippen LogP contribution in [0.4, 0.5) is 0 Å². The molecule has 6 nitrogen and oxygen atoms in total. The van der Waals surface area contributed by atoms with Gasteiger partial charge < -0.3 is 19.7 Å². The molecule has 178 valence electrons. The number of carbonyl (C=O) groups excluding carboxylic acids is 2. The summed E-state index contributed by atoms with van der Waals surface area (Å²) in [6, 6.07) is 14.9. The number of carbonyl (C=O) groups is 2. The van der Waals surface area contributed by atoms with Crippen molar-refractivity contribution in [3.8, 4) is 11.5 Å². The van der Waals surface area contributed by atoms with Gasteiger partial charge in [0, 0.05) is 12.6 Å². The van der Waals surface area contributed by atoms with Gasteiger partial charge >= 0.3 is 0 Å². The van der Waals surface area contributed by atoms with Crippen LogP contribution in [-0.2, 0) is 16.1 Å². The van der Waals surface area contributed by atoms with Gasteiger partial charge in [-0.3, -0.25) is 9.59 Å². The van der Waals surface area contributed by atoms with Crippen LogP contribution in [0.25, 0.3) is 0 Å². The molecular formula is C27H36N2O4. The van der Waals surface area contributed by atoms with Crippen LogP contribution in [0.1, 0.15) is 56.6 Å². The third-order valence-electron chi connectivity index (χ3n) is 6.19. The van der Waals surface area contributed by atoms with Crippen LogP contribution < -0.4 is 14.8 Å². The van der Waals surface area contributed by atoms with E-state index in [-0.39, 0.29) is 24.5 Å². The zero-order valence-corrected chi connectivity index (χ0v) is 20.0. The maximum atomic E-state index is 13.4. The van der Waals surface area contributed by atoms with Gasteiger partial charge in [-0.25, -0.2) is 0 Å². The number of nitrogens with zero attached hydrogens (tertiary/aromatic N) is 1. The fourth-order valence-corrected chi connectivity index (χ4v) is 4.43. The predicted octanol–water partition coefficient (Wildman–Crippen LogP) is 4.64. The molecule has 33 heavy (non-hydrogen) atoms. The molecule has 2 aromatic carbocycles. The maximum absolute atomic E-state index is 13.4. The predicted molar refractivity (Wildman–Crippen MR) is 129 cm³/mol. The normalized spacial score (nSPS) is 14.9. The molecule has 2 amide bonds. The molecule has 0 bridgehead atoms. The fraction of sp³-hybridized carbons (Fsp3) is 0.481. The number of amides is 2. The summed E-state index contributed by atoms with van der Waals surface area (Å²) < 4.78 is 11.1. The minimum atomic E-state index is -0.554. The highest BCUT2D eigenvalue weighted by molar-refractivity contribution is 5.88. The molecule has 1 fully saturated rings. The topological polar surface area (TPSA) is 67.9 Å². The number of aryl methyl sites for hydroxylation is 1. The number of ether oxygens (including phenoxy) is 2. The molecule has 3 rings (SSSR count). The first-order valence-corrected chi connectivity index (χ1v) is 11.9. The van der Waals surface area contributed by atoms with Crippen LogP contribution in [0.5, 0.6) is 11.5 Å². The van der Waals surface area contributed by atoms with E-state index < -0.39 is 6.04 Å². The van der Waals surface area contributed by atoms with Gasteiger partial charge in [-0.1, -0.05) is 68.1 Å². The lowest BCUT2D eigenvalue weighted by atomic mass is 9.95. The molecule has 1 atom stereocenters. The summed E-state index contributed by atoms with van der Waals surface area (Å²) in [7, 11) is 1.57. The molecule has 6 heteroatoms. The monoisotopic (exact) mass is 452 g/mol. The van der Waals surface area contributed by atoms with Crippen molar-refractivity contribution in [2.24, 2.45) is 0 Å². The highest BCUT2D eigenvalue weighted by Gasteiger charge is 2.30. The van der Waals surface area contributed by atoms with Gasteiger partial charge in [0.05, 0.1) is 7.11 Å². The van der Waals surface area contributed by atoms with E-state index in [1.54, 1.807) is 24.1 Å². The van der Waals surface area contributed by atoms with Gasteiger partial charge in [0.1, 0.15) is 6.04 Å². The lowest BCUT2D eigenvalue weighted by Gasteiger charge is -2.32. The van der Waals surface area contributed by atoms with Crippen LogP contribution >= 0.6 is 0 Å². The first-order valence-electron chi connectivity index (χ1n) is 11.9. The van der Waals surface area contributed by atoms with Crippen LogP contribution in [0.3, 0.4) is 0 Å². The van der Waals surface area contributed by atoms with E-state index >= 15 is 0 Å². The molecule has 0 spiro atoms. The van der Waals surface area contributed by atoms with E-state index in [1.807, 2.05) is 50.2 Å². The Kier molecular flexibility index (Phi) is 9.16. The number of methoxy groups -OCH3 is 1. The second-order valence-corrected chi connectivity index (χ2v) is 8.72. The van der Waals surface area contributed by atoms with E-state index in [0.717, 1.165) is 36.8 Å².